The molecule has 0 spiro atoms. The maximum atomic E-state index is 10.5. The van der Waals surface area contributed by atoms with Gasteiger partial charge in [-0.2, -0.15) is 0 Å². The number of aliphatic carboxylic acids is 1. The Hall–Kier alpha value is -0.830. The van der Waals surface area contributed by atoms with Gasteiger partial charge in [0.2, 0.25) is 0 Å². The quantitative estimate of drug-likeness (QED) is 0.407. The lowest BCUT2D eigenvalue weighted by Crippen LogP contribution is -2.17. The van der Waals surface area contributed by atoms with E-state index in [0.717, 1.165) is 19.5 Å². The summed E-state index contributed by atoms with van der Waals surface area (Å²) < 4.78 is 0. The van der Waals surface area contributed by atoms with Crippen molar-refractivity contribution in [3.8, 4) is 0 Å². The van der Waals surface area contributed by atoms with E-state index < -0.39 is 5.97 Å². The van der Waals surface area contributed by atoms with Crippen LogP contribution in [0.25, 0.3) is 0 Å². The number of nitrogens with one attached hydrogen (secondary N) is 1. The van der Waals surface area contributed by atoms with E-state index in [1.54, 1.807) is 0 Å². The van der Waals surface area contributed by atoms with Gasteiger partial charge in [-0.1, -0.05) is 45.6 Å². The summed E-state index contributed by atoms with van der Waals surface area (Å²) in [6.07, 6.45) is 9.31. The molecule has 0 aromatic rings. The van der Waals surface area contributed by atoms with Gasteiger partial charge in [-0.15, -0.1) is 0 Å². The molecule has 0 unspecified atom stereocenters. The summed E-state index contributed by atoms with van der Waals surface area (Å²) >= 11 is 0. The predicted molar refractivity (Wildman–Crippen MR) is 72.3 cm³/mol. The fraction of sp³-hybridized carbons (Fsp3) is 0.786. The third-order valence-electron chi connectivity index (χ3n) is 2.84. The van der Waals surface area contributed by atoms with Crippen LogP contribution in [0.5, 0.6) is 0 Å². The zero-order chi connectivity index (χ0) is 12.9. The fourth-order valence-electron chi connectivity index (χ4n) is 1.69. The minimum absolute atomic E-state index is 0.311. The molecular formula is C14H27NO2. The maximum Gasteiger partial charge on any atom is 0.330 e. The topological polar surface area (TPSA) is 49.3 Å². The van der Waals surface area contributed by atoms with Gasteiger partial charge in [0.05, 0.1) is 0 Å². The van der Waals surface area contributed by atoms with Crippen LogP contribution in [0.2, 0.25) is 0 Å². The van der Waals surface area contributed by atoms with Gasteiger partial charge in [-0.25, -0.2) is 4.79 Å². The fourth-order valence-corrected chi connectivity index (χ4v) is 1.69. The van der Waals surface area contributed by atoms with Crippen LogP contribution < -0.4 is 5.32 Å². The molecular weight excluding hydrogens is 214 g/mol. The third kappa shape index (κ3) is 11.4. The van der Waals surface area contributed by atoms with Crippen LogP contribution in [0.15, 0.2) is 12.2 Å². The highest BCUT2D eigenvalue weighted by atomic mass is 16.4. The van der Waals surface area contributed by atoms with E-state index in [9.17, 15) is 4.79 Å². The molecule has 3 nitrogen and oxygen atoms in total. The van der Waals surface area contributed by atoms with Gasteiger partial charge in [0.1, 0.15) is 0 Å². The molecule has 0 amide bonds. The second kappa shape index (κ2) is 11.6. The monoisotopic (exact) mass is 241 g/mol. The van der Waals surface area contributed by atoms with Crippen molar-refractivity contribution >= 4 is 5.97 Å². The number of carboxylic acids is 1. The first-order chi connectivity index (χ1) is 8.18. The lowest BCUT2D eigenvalue weighted by atomic mass is 10.1. The van der Waals surface area contributed by atoms with E-state index in [1.165, 1.54) is 38.5 Å². The van der Waals surface area contributed by atoms with Gasteiger partial charge in [0.25, 0.3) is 0 Å². The Bertz CT molecular complexity index is 214. The summed E-state index contributed by atoms with van der Waals surface area (Å²) in [5, 5.41) is 11.9. The van der Waals surface area contributed by atoms with E-state index in [-0.39, 0.29) is 0 Å². The minimum Gasteiger partial charge on any atom is -0.478 e. The second-order valence-electron chi connectivity index (χ2n) is 4.53. The highest BCUT2D eigenvalue weighted by Crippen LogP contribution is 2.04. The molecule has 0 bridgehead atoms. The van der Waals surface area contributed by atoms with E-state index in [2.05, 4.69) is 18.8 Å². The zero-order valence-corrected chi connectivity index (χ0v) is 11.1. The normalized spacial score (nSPS) is 10.4. The Morgan fingerprint density at radius 2 is 1.65 bits per heavy atom. The second-order valence-corrected chi connectivity index (χ2v) is 4.53. The van der Waals surface area contributed by atoms with E-state index in [1.807, 2.05) is 0 Å². The van der Waals surface area contributed by atoms with Crippen molar-refractivity contribution in [2.75, 3.05) is 13.1 Å². The molecule has 0 aliphatic carbocycles. The van der Waals surface area contributed by atoms with Crippen molar-refractivity contribution in [3.05, 3.63) is 12.2 Å². The van der Waals surface area contributed by atoms with E-state index in [4.69, 9.17) is 5.11 Å². The molecule has 0 atom stereocenters. The SMILES string of the molecule is C=C(CCCNCCCCCCCC)C(=O)O. The van der Waals surface area contributed by atoms with Gasteiger partial charge in [0.15, 0.2) is 0 Å². The number of hydrogen-bond donors (Lipinski definition) is 2. The van der Waals surface area contributed by atoms with Gasteiger partial charge in [-0.3, -0.25) is 0 Å². The minimum atomic E-state index is -0.874. The summed E-state index contributed by atoms with van der Waals surface area (Å²) in [5.74, 6) is -0.874. The highest BCUT2D eigenvalue weighted by Gasteiger charge is 2.02. The number of hydrogen-bond acceptors (Lipinski definition) is 2. The molecule has 100 valence electrons. The average molecular weight is 241 g/mol. The van der Waals surface area contributed by atoms with Crippen molar-refractivity contribution in [2.45, 2.75) is 58.3 Å². The largest absolute Gasteiger partial charge is 0.478 e. The number of rotatable bonds is 12. The van der Waals surface area contributed by atoms with Crippen LogP contribution in [-0.2, 0) is 4.79 Å². The molecule has 0 radical (unpaired) electrons. The molecule has 3 heteroatoms. The number of carboxylic acid groups (broad SMARTS) is 1. The molecule has 0 rings (SSSR count). The molecule has 17 heavy (non-hydrogen) atoms. The standard InChI is InChI=1S/C14H27NO2/c1-3-4-5-6-7-8-11-15-12-9-10-13(2)14(16)17/h15H,2-12H2,1H3,(H,16,17). The number of unbranched alkanes of at least 4 members (excludes halogenated alkanes) is 5. The first-order valence-corrected chi connectivity index (χ1v) is 6.80. The van der Waals surface area contributed by atoms with Crippen molar-refractivity contribution in [1.29, 1.82) is 0 Å². The molecule has 0 aliphatic heterocycles. The zero-order valence-electron chi connectivity index (χ0n) is 11.1. The summed E-state index contributed by atoms with van der Waals surface area (Å²) in [5.41, 5.74) is 0.311. The molecule has 0 saturated carbocycles. The van der Waals surface area contributed by atoms with Crippen molar-refractivity contribution < 1.29 is 9.90 Å². The van der Waals surface area contributed by atoms with Crippen LogP contribution >= 0.6 is 0 Å². The Morgan fingerprint density at radius 1 is 1.06 bits per heavy atom. The summed E-state index contributed by atoms with van der Waals surface area (Å²) in [7, 11) is 0. The summed E-state index contributed by atoms with van der Waals surface area (Å²) in [6.45, 7) is 7.67. The van der Waals surface area contributed by atoms with Crippen molar-refractivity contribution in [2.24, 2.45) is 0 Å². The van der Waals surface area contributed by atoms with Crippen molar-refractivity contribution in [1.82, 2.24) is 5.32 Å². The molecule has 0 aromatic carbocycles. The molecule has 2 N–H and O–H groups in total. The molecule has 0 aliphatic rings. The summed E-state index contributed by atoms with van der Waals surface area (Å²) in [4.78, 5) is 10.5. The molecule has 0 aromatic heterocycles. The Labute approximate surface area is 105 Å². The Kier molecular flexibility index (Phi) is 11.1. The molecule has 0 fully saturated rings. The summed E-state index contributed by atoms with van der Waals surface area (Å²) in [6, 6.07) is 0. The van der Waals surface area contributed by atoms with Crippen LogP contribution in [0, 0.1) is 0 Å². The van der Waals surface area contributed by atoms with Crippen LogP contribution in [-0.4, -0.2) is 24.2 Å². The Balaban J connectivity index is 3.08. The highest BCUT2D eigenvalue weighted by molar-refractivity contribution is 5.85. The van der Waals surface area contributed by atoms with Gasteiger partial charge >= 0.3 is 5.97 Å². The smallest absolute Gasteiger partial charge is 0.330 e. The van der Waals surface area contributed by atoms with E-state index >= 15 is 0 Å². The number of carbonyl (C=O) groups is 1. The first kappa shape index (κ1) is 16.2. The van der Waals surface area contributed by atoms with Crippen molar-refractivity contribution in [3.63, 3.8) is 0 Å². The maximum absolute atomic E-state index is 10.5. The molecule has 0 saturated heterocycles. The van der Waals surface area contributed by atoms with Crippen LogP contribution in [0.4, 0.5) is 0 Å². The lowest BCUT2D eigenvalue weighted by Gasteiger charge is -2.04. The van der Waals surface area contributed by atoms with E-state index in [0.29, 0.717) is 12.0 Å². The van der Waals surface area contributed by atoms with Gasteiger partial charge < -0.3 is 10.4 Å². The first-order valence-electron chi connectivity index (χ1n) is 6.80. The Morgan fingerprint density at radius 3 is 2.29 bits per heavy atom. The van der Waals surface area contributed by atoms with Gasteiger partial charge in [-0.05, 0) is 32.4 Å². The average Bonchev–Trinajstić information content (AvgIpc) is 2.31. The lowest BCUT2D eigenvalue weighted by molar-refractivity contribution is -0.132. The predicted octanol–water partition coefficient (Wildman–Crippen LogP) is 3.36. The van der Waals surface area contributed by atoms with Gasteiger partial charge in [0, 0.05) is 5.57 Å². The van der Waals surface area contributed by atoms with Crippen LogP contribution in [0.3, 0.4) is 0 Å². The van der Waals surface area contributed by atoms with Crippen LogP contribution in [0.1, 0.15) is 58.3 Å². The third-order valence-corrected chi connectivity index (χ3v) is 2.84. The molecule has 0 heterocycles.